The minimum absolute atomic E-state index is 0.821. The van der Waals surface area contributed by atoms with Crippen LogP contribution in [0, 0.1) is 0 Å². The predicted octanol–water partition coefficient (Wildman–Crippen LogP) is 4.84. The number of hydrogen-bond acceptors (Lipinski definition) is 3. The van der Waals surface area contributed by atoms with Gasteiger partial charge in [-0.1, -0.05) is 12.1 Å². The molecule has 0 bridgehead atoms. The lowest BCUT2D eigenvalue weighted by atomic mass is 10.2. The van der Waals surface area contributed by atoms with Crippen molar-refractivity contribution in [2.45, 2.75) is 6.54 Å². The van der Waals surface area contributed by atoms with Crippen LogP contribution in [0.1, 0.15) is 5.56 Å². The lowest BCUT2D eigenvalue weighted by Crippen LogP contribution is -1.99. The van der Waals surface area contributed by atoms with Gasteiger partial charge >= 0.3 is 0 Å². The molecule has 0 saturated carbocycles. The minimum Gasteiger partial charge on any atom is -0.497 e. The molecule has 4 nitrogen and oxygen atoms in total. The molecule has 2 heterocycles. The lowest BCUT2D eigenvalue weighted by molar-refractivity contribution is 0.415. The number of methoxy groups -OCH3 is 1. The summed E-state index contributed by atoms with van der Waals surface area (Å²) in [4.78, 5) is 4.04. The summed E-state index contributed by atoms with van der Waals surface area (Å²) in [6.45, 7) is 0.821. The van der Waals surface area contributed by atoms with E-state index in [0.717, 1.165) is 23.7 Å². The average Bonchev–Trinajstić information content (AvgIpc) is 3.05. The van der Waals surface area contributed by atoms with Crippen molar-refractivity contribution in [3.63, 3.8) is 0 Å². The molecule has 25 heavy (non-hydrogen) atoms. The van der Waals surface area contributed by atoms with Crippen molar-refractivity contribution in [3.05, 3.63) is 84.8 Å². The largest absolute Gasteiger partial charge is 0.497 e. The highest BCUT2D eigenvalue weighted by molar-refractivity contribution is 5.81. The van der Waals surface area contributed by atoms with E-state index in [1.807, 2.05) is 18.2 Å². The molecule has 0 aliphatic heterocycles. The zero-order chi connectivity index (χ0) is 17.1. The monoisotopic (exact) mass is 329 g/mol. The number of aromatic nitrogens is 2. The van der Waals surface area contributed by atoms with Crippen molar-refractivity contribution >= 4 is 22.3 Å². The molecular formula is C21H19N3O. The second kappa shape index (κ2) is 6.69. The van der Waals surface area contributed by atoms with E-state index in [0.29, 0.717) is 0 Å². The molecule has 0 unspecified atom stereocenters. The molecule has 0 fully saturated rings. The lowest BCUT2D eigenvalue weighted by Gasteiger charge is -2.10. The molecule has 0 amide bonds. The first-order chi connectivity index (χ1) is 12.3. The van der Waals surface area contributed by atoms with Crippen molar-refractivity contribution in [2.24, 2.45) is 0 Å². The number of pyridine rings is 1. The molecule has 2 aromatic heterocycles. The fourth-order valence-corrected chi connectivity index (χ4v) is 2.99. The predicted molar refractivity (Wildman–Crippen MR) is 102 cm³/mol. The van der Waals surface area contributed by atoms with Crippen molar-refractivity contribution in [1.82, 2.24) is 9.55 Å². The number of nitrogens with zero attached hydrogens (tertiary/aromatic N) is 2. The summed E-state index contributed by atoms with van der Waals surface area (Å²) in [5, 5.41) is 4.60. The van der Waals surface area contributed by atoms with Crippen LogP contribution in [0.2, 0.25) is 0 Å². The van der Waals surface area contributed by atoms with Crippen molar-refractivity contribution in [2.75, 3.05) is 12.4 Å². The smallest absolute Gasteiger partial charge is 0.119 e. The summed E-state index contributed by atoms with van der Waals surface area (Å²) in [6, 6.07) is 20.7. The number of ether oxygens (including phenoxy) is 1. The van der Waals surface area contributed by atoms with Gasteiger partial charge in [0.05, 0.1) is 7.11 Å². The van der Waals surface area contributed by atoms with E-state index in [4.69, 9.17) is 4.74 Å². The Balaban J connectivity index is 1.58. The summed E-state index contributed by atoms with van der Waals surface area (Å²) in [6.07, 6.45) is 5.69. The van der Waals surface area contributed by atoms with Gasteiger partial charge in [-0.3, -0.25) is 4.98 Å². The van der Waals surface area contributed by atoms with Crippen molar-refractivity contribution in [3.8, 4) is 5.75 Å². The van der Waals surface area contributed by atoms with Crippen LogP contribution in [-0.4, -0.2) is 16.7 Å². The summed E-state index contributed by atoms with van der Waals surface area (Å²) in [5.74, 6) is 0.883. The van der Waals surface area contributed by atoms with Gasteiger partial charge in [0.2, 0.25) is 0 Å². The fraction of sp³-hybridized carbons (Fsp3) is 0.0952. The number of anilines is 2. The molecule has 0 radical (unpaired) electrons. The third-order valence-electron chi connectivity index (χ3n) is 4.23. The maximum atomic E-state index is 5.30. The summed E-state index contributed by atoms with van der Waals surface area (Å²) < 4.78 is 7.55. The first-order valence-corrected chi connectivity index (χ1v) is 8.21. The van der Waals surface area contributed by atoms with E-state index in [2.05, 4.69) is 63.5 Å². The molecule has 0 spiro atoms. The van der Waals surface area contributed by atoms with E-state index >= 15 is 0 Å². The standard InChI is InChI=1S/C21H19N3O/c1-25-20-5-6-21-17(14-20)9-12-24(21)15-16-3-2-4-19(13-16)23-18-7-10-22-11-8-18/h2-14H,15H2,1H3,(H,22,23). The first kappa shape index (κ1) is 15.3. The Morgan fingerprint density at radius 1 is 0.960 bits per heavy atom. The SMILES string of the molecule is COc1ccc2c(ccn2Cc2cccc(Nc3ccncc3)c2)c1. The Kier molecular flexibility index (Phi) is 4.09. The zero-order valence-electron chi connectivity index (χ0n) is 14.0. The molecule has 1 N–H and O–H groups in total. The Labute approximate surface area is 146 Å². The van der Waals surface area contributed by atoms with Gasteiger partial charge in [-0.05, 0) is 54.1 Å². The van der Waals surface area contributed by atoms with Crippen molar-refractivity contribution < 1.29 is 4.74 Å². The van der Waals surface area contributed by atoms with E-state index < -0.39 is 0 Å². The maximum absolute atomic E-state index is 5.30. The number of hydrogen-bond donors (Lipinski definition) is 1. The Morgan fingerprint density at radius 2 is 1.84 bits per heavy atom. The highest BCUT2D eigenvalue weighted by Crippen LogP contribution is 2.23. The highest BCUT2D eigenvalue weighted by atomic mass is 16.5. The fourth-order valence-electron chi connectivity index (χ4n) is 2.99. The van der Waals surface area contributed by atoms with Gasteiger partial charge < -0.3 is 14.6 Å². The van der Waals surface area contributed by atoms with E-state index in [9.17, 15) is 0 Å². The number of rotatable bonds is 5. The maximum Gasteiger partial charge on any atom is 0.119 e. The average molecular weight is 329 g/mol. The van der Waals surface area contributed by atoms with Gasteiger partial charge in [0.1, 0.15) is 5.75 Å². The molecule has 0 atom stereocenters. The van der Waals surface area contributed by atoms with Gasteiger partial charge in [0.15, 0.2) is 0 Å². The molecule has 4 heteroatoms. The molecule has 2 aromatic carbocycles. The van der Waals surface area contributed by atoms with Gasteiger partial charge in [0, 0.05) is 47.4 Å². The molecule has 4 aromatic rings. The molecule has 124 valence electrons. The molecule has 0 saturated heterocycles. The minimum atomic E-state index is 0.821. The number of benzene rings is 2. The highest BCUT2D eigenvalue weighted by Gasteiger charge is 2.04. The van der Waals surface area contributed by atoms with Crippen LogP contribution in [-0.2, 0) is 6.54 Å². The van der Waals surface area contributed by atoms with E-state index in [1.54, 1.807) is 19.5 Å². The Bertz CT molecular complexity index is 992. The van der Waals surface area contributed by atoms with Crippen LogP contribution >= 0.6 is 0 Å². The third kappa shape index (κ3) is 3.33. The van der Waals surface area contributed by atoms with Gasteiger partial charge in [-0.15, -0.1) is 0 Å². The number of nitrogens with one attached hydrogen (secondary N) is 1. The third-order valence-corrected chi connectivity index (χ3v) is 4.23. The Hall–Kier alpha value is -3.27. The summed E-state index contributed by atoms with van der Waals surface area (Å²) in [5.41, 5.74) is 4.55. The normalized spacial score (nSPS) is 10.8. The van der Waals surface area contributed by atoms with Crippen molar-refractivity contribution in [1.29, 1.82) is 0 Å². The first-order valence-electron chi connectivity index (χ1n) is 8.21. The van der Waals surface area contributed by atoms with Crippen LogP contribution in [0.3, 0.4) is 0 Å². The van der Waals surface area contributed by atoms with Crippen LogP contribution in [0.4, 0.5) is 11.4 Å². The summed E-state index contributed by atoms with van der Waals surface area (Å²) in [7, 11) is 1.69. The molecule has 0 aliphatic rings. The van der Waals surface area contributed by atoms with E-state index in [-0.39, 0.29) is 0 Å². The van der Waals surface area contributed by atoms with Crippen LogP contribution in [0.15, 0.2) is 79.3 Å². The van der Waals surface area contributed by atoms with Gasteiger partial charge in [-0.2, -0.15) is 0 Å². The van der Waals surface area contributed by atoms with Gasteiger partial charge in [0.25, 0.3) is 0 Å². The second-order valence-electron chi connectivity index (χ2n) is 5.93. The molecule has 0 aliphatic carbocycles. The number of fused-ring (bicyclic) bond motifs is 1. The molecular weight excluding hydrogens is 310 g/mol. The molecule has 4 rings (SSSR count). The van der Waals surface area contributed by atoms with E-state index in [1.165, 1.54) is 16.5 Å². The van der Waals surface area contributed by atoms with Crippen LogP contribution in [0.25, 0.3) is 10.9 Å². The van der Waals surface area contributed by atoms with Gasteiger partial charge in [-0.25, -0.2) is 0 Å². The Morgan fingerprint density at radius 3 is 2.68 bits per heavy atom. The topological polar surface area (TPSA) is 39.1 Å². The quantitative estimate of drug-likeness (QED) is 0.569. The second-order valence-corrected chi connectivity index (χ2v) is 5.93. The zero-order valence-corrected chi connectivity index (χ0v) is 14.0. The summed E-state index contributed by atoms with van der Waals surface area (Å²) >= 11 is 0. The van der Waals surface area contributed by atoms with Crippen LogP contribution < -0.4 is 10.1 Å². The van der Waals surface area contributed by atoms with Crippen LogP contribution in [0.5, 0.6) is 5.75 Å².